The van der Waals surface area contributed by atoms with E-state index in [1.165, 1.54) is 29.2 Å². The van der Waals surface area contributed by atoms with Gasteiger partial charge in [0, 0.05) is 42.6 Å². The number of phosphoric ester groups is 1. The molecule has 1 aliphatic heterocycles. The van der Waals surface area contributed by atoms with Crippen LogP contribution in [0.2, 0.25) is 0 Å². The molecular formula is C31H44N6O5P+. The summed E-state index contributed by atoms with van der Waals surface area (Å²) in [5.74, 6) is -0.0310. The van der Waals surface area contributed by atoms with E-state index in [-0.39, 0.29) is 23.0 Å². The Labute approximate surface area is 252 Å². The number of nitrogens with two attached hydrogens (primary N) is 1. The Balaban J connectivity index is 1.47. The van der Waals surface area contributed by atoms with E-state index in [0.29, 0.717) is 25.9 Å². The number of H-pyrrole nitrogens is 1. The Kier molecular flexibility index (Phi) is 8.35. The number of quaternary nitrogens is 1. The van der Waals surface area contributed by atoms with Gasteiger partial charge in [0.15, 0.2) is 12.2 Å². The highest BCUT2D eigenvalue weighted by Gasteiger charge is 2.47. The molecule has 1 saturated heterocycles. The molecule has 1 unspecified atom stereocenters. The van der Waals surface area contributed by atoms with Crippen molar-refractivity contribution in [2.75, 3.05) is 26.7 Å². The van der Waals surface area contributed by atoms with Crippen molar-refractivity contribution < 1.29 is 27.7 Å². The van der Waals surface area contributed by atoms with Gasteiger partial charge in [0.05, 0.1) is 11.3 Å². The van der Waals surface area contributed by atoms with E-state index in [1.54, 1.807) is 27.1 Å². The fourth-order valence-electron chi connectivity index (χ4n) is 6.31. The van der Waals surface area contributed by atoms with E-state index in [9.17, 15) is 9.36 Å². The number of piperidine rings is 1. The van der Waals surface area contributed by atoms with Crippen LogP contribution in [0.1, 0.15) is 81.5 Å². The number of nitrogens with zero attached hydrogens (tertiary/aromatic N) is 4. The number of likely N-dealkylation sites (tertiary alicyclic amines) is 1. The number of benzene rings is 1. The Morgan fingerprint density at radius 3 is 2.51 bits per heavy atom. The van der Waals surface area contributed by atoms with Crippen molar-refractivity contribution in [2.45, 2.75) is 78.7 Å². The highest BCUT2D eigenvalue weighted by atomic mass is 31.2. The zero-order chi connectivity index (χ0) is 31.3. The number of hydrogen-bond donors (Lipinski definition) is 2. The Morgan fingerprint density at radius 2 is 1.91 bits per heavy atom. The molecule has 0 radical (unpaired) electrons. The SMILES string of the molecule is COP(=O)(OC(C)(C)C)O[N+]1(CC(N)=O)CCC(c2ccc3[nH]c(-c4cn5ncnc5c(C)c4C)c(C(C)C)c3c2)CC1. The molecule has 43 heavy (non-hydrogen) atoms. The van der Waals surface area contributed by atoms with Crippen molar-refractivity contribution in [3.05, 3.63) is 53.0 Å². The Hall–Kier alpha value is -3.08. The monoisotopic (exact) mass is 611 g/mol. The van der Waals surface area contributed by atoms with Gasteiger partial charge in [-0.05, 0) is 80.8 Å². The predicted octanol–water partition coefficient (Wildman–Crippen LogP) is 6.30. The van der Waals surface area contributed by atoms with Gasteiger partial charge in [-0.15, -0.1) is 0 Å². The van der Waals surface area contributed by atoms with E-state index in [0.717, 1.165) is 28.0 Å². The summed E-state index contributed by atoms with van der Waals surface area (Å²) in [6, 6.07) is 6.63. The fraction of sp³-hybridized carbons (Fsp3) is 0.516. The van der Waals surface area contributed by atoms with Gasteiger partial charge in [-0.2, -0.15) is 9.75 Å². The average Bonchev–Trinajstić information content (AvgIpc) is 3.54. The van der Waals surface area contributed by atoms with E-state index in [2.05, 4.69) is 67.2 Å². The first kappa shape index (κ1) is 31.3. The number of aryl methyl sites for hydroxylation is 1. The van der Waals surface area contributed by atoms with E-state index >= 15 is 0 Å². The number of hydroxylamine groups is 3. The summed E-state index contributed by atoms with van der Waals surface area (Å²) in [6.45, 7) is 14.8. The summed E-state index contributed by atoms with van der Waals surface area (Å²) in [7, 11) is -2.66. The normalized spacial score (nSPS) is 21.1. The number of carbonyl (C=O) groups excluding carboxylic acids is 1. The van der Waals surface area contributed by atoms with Crippen molar-refractivity contribution in [1.82, 2.24) is 19.6 Å². The summed E-state index contributed by atoms with van der Waals surface area (Å²) in [5.41, 5.74) is 13.8. The lowest BCUT2D eigenvalue weighted by molar-refractivity contribution is -1.08. The van der Waals surface area contributed by atoms with E-state index < -0.39 is 19.3 Å². The van der Waals surface area contributed by atoms with Gasteiger partial charge in [0.25, 0.3) is 5.91 Å². The van der Waals surface area contributed by atoms with Crippen LogP contribution >= 0.6 is 7.82 Å². The molecule has 11 nitrogen and oxygen atoms in total. The lowest BCUT2D eigenvalue weighted by Crippen LogP contribution is -2.55. The molecule has 4 aromatic rings. The fourth-order valence-corrected chi connectivity index (χ4v) is 7.80. The number of primary amides is 1. The van der Waals surface area contributed by atoms with E-state index in [4.69, 9.17) is 19.4 Å². The maximum Gasteiger partial charge on any atom is 0.521 e. The van der Waals surface area contributed by atoms with Crippen LogP contribution in [0.25, 0.3) is 27.8 Å². The van der Waals surface area contributed by atoms with Crippen LogP contribution in [0.5, 0.6) is 0 Å². The predicted molar refractivity (Wildman–Crippen MR) is 166 cm³/mol. The smallest absolute Gasteiger partial charge is 0.365 e. The van der Waals surface area contributed by atoms with Crippen LogP contribution in [0.3, 0.4) is 0 Å². The highest BCUT2D eigenvalue weighted by molar-refractivity contribution is 7.48. The van der Waals surface area contributed by atoms with Crippen molar-refractivity contribution in [1.29, 1.82) is 0 Å². The van der Waals surface area contributed by atoms with Crippen LogP contribution in [0.15, 0.2) is 30.7 Å². The summed E-state index contributed by atoms with van der Waals surface area (Å²) < 4.78 is 32.0. The number of carbonyl (C=O) groups is 1. The number of pyridine rings is 1. The number of fused-ring (bicyclic) bond motifs is 2. The summed E-state index contributed by atoms with van der Waals surface area (Å²) in [6.07, 6.45) is 5.08. The lowest BCUT2D eigenvalue weighted by Gasteiger charge is -2.41. The molecule has 1 fully saturated rings. The maximum absolute atomic E-state index is 13.4. The molecule has 1 aromatic carbocycles. The van der Waals surface area contributed by atoms with Gasteiger partial charge in [0.2, 0.25) is 0 Å². The number of phosphoric acid groups is 1. The molecule has 0 bridgehead atoms. The largest absolute Gasteiger partial charge is 0.521 e. The zero-order valence-corrected chi connectivity index (χ0v) is 27.3. The molecule has 0 aliphatic carbocycles. The quantitative estimate of drug-likeness (QED) is 0.168. The first-order valence-electron chi connectivity index (χ1n) is 14.8. The van der Waals surface area contributed by atoms with Crippen molar-refractivity contribution >= 4 is 30.3 Å². The van der Waals surface area contributed by atoms with Gasteiger partial charge >= 0.3 is 7.82 Å². The van der Waals surface area contributed by atoms with Gasteiger partial charge in [0.1, 0.15) is 19.4 Å². The third-order valence-electron chi connectivity index (χ3n) is 8.40. The second-order valence-electron chi connectivity index (χ2n) is 13.0. The highest BCUT2D eigenvalue weighted by Crippen LogP contribution is 2.55. The van der Waals surface area contributed by atoms with Gasteiger partial charge in [-0.3, -0.25) is 13.8 Å². The molecule has 0 spiro atoms. The molecule has 0 saturated carbocycles. The average molecular weight is 612 g/mol. The second kappa shape index (κ2) is 11.4. The molecular weight excluding hydrogens is 567 g/mol. The van der Waals surface area contributed by atoms with Crippen molar-refractivity contribution in [2.24, 2.45) is 5.73 Å². The van der Waals surface area contributed by atoms with Crippen LogP contribution < -0.4 is 5.73 Å². The topological polar surface area (TPSA) is 134 Å². The van der Waals surface area contributed by atoms with Crippen LogP contribution in [-0.4, -0.2) is 62.5 Å². The number of aromatic nitrogens is 4. The molecule has 3 N–H and O–H groups in total. The lowest BCUT2D eigenvalue weighted by atomic mass is 9.87. The van der Waals surface area contributed by atoms with Gasteiger partial charge in [-0.1, -0.05) is 24.5 Å². The number of rotatable bonds is 9. The standard InChI is InChI=1S/C31H43N6O5P/c1-19(2)28-24-15-23(9-10-26(24)35-29(28)25-16-36-30(33-18-34-36)21(4)20(25)3)22-11-13-37(14-12-22,17-27(32)38)42-43(39,40-8)41-31(5,6)7/h9-10,15-16,18-19,22,35H,11-14,17H2,1-8H3,(H-,32,38)/p+1. The molecule has 12 heteroatoms. The maximum atomic E-state index is 13.4. The minimum atomic E-state index is -3.95. The third-order valence-corrected chi connectivity index (χ3v) is 10.2. The number of hydrogen-bond acceptors (Lipinski definition) is 7. The first-order valence-corrected chi connectivity index (χ1v) is 16.3. The van der Waals surface area contributed by atoms with Crippen LogP contribution in [-0.2, 0) is 23.0 Å². The Morgan fingerprint density at radius 1 is 1.21 bits per heavy atom. The summed E-state index contributed by atoms with van der Waals surface area (Å²) >= 11 is 0. The zero-order valence-electron chi connectivity index (χ0n) is 26.4. The first-order chi connectivity index (χ1) is 20.1. The third kappa shape index (κ3) is 6.28. The molecule has 4 heterocycles. The molecule has 5 rings (SSSR count). The van der Waals surface area contributed by atoms with E-state index in [1.807, 2.05) is 4.52 Å². The molecule has 1 amide bonds. The van der Waals surface area contributed by atoms with Crippen LogP contribution in [0.4, 0.5) is 0 Å². The molecule has 1 aliphatic rings. The molecule has 3 aromatic heterocycles. The molecule has 1 atom stereocenters. The second-order valence-corrected chi connectivity index (χ2v) is 14.6. The van der Waals surface area contributed by atoms with Gasteiger partial charge < -0.3 is 10.7 Å². The van der Waals surface area contributed by atoms with Crippen LogP contribution in [0, 0.1) is 13.8 Å². The summed E-state index contributed by atoms with van der Waals surface area (Å²) in [5, 5.41) is 5.60. The summed E-state index contributed by atoms with van der Waals surface area (Å²) in [4.78, 5) is 20.2. The van der Waals surface area contributed by atoms with Gasteiger partial charge in [-0.25, -0.2) is 14.1 Å². The number of nitrogens with one attached hydrogen (secondary N) is 1. The Bertz CT molecular complexity index is 1710. The van der Waals surface area contributed by atoms with Crippen molar-refractivity contribution in [3.8, 4) is 11.3 Å². The minimum absolute atomic E-state index is 0.111. The number of aromatic amines is 1. The van der Waals surface area contributed by atoms with Crippen molar-refractivity contribution in [3.63, 3.8) is 0 Å². The number of amides is 1. The minimum Gasteiger partial charge on any atom is -0.365 e. The molecule has 232 valence electrons.